The Morgan fingerprint density at radius 2 is 1.80 bits per heavy atom. The van der Waals surface area contributed by atoms with E-state index >= 15 is 0 Å². The fraction of sp³-hybridized carbons (Fsp3) is 0.375. The standard InChI is InChI=1S/C16H21N5O2S2/c1-4-21(5-2)13(22)10-24-16-20-19-15(25-16)18-14(23)17-12-8-6-11(3)7-9-12/h6-9H,4-5,10H2,1-3H3,(H2,17,18,19,23). The van der Waals surface area contributed by atoms with Gasteiger partial charge >= 0.3 is 6.03 Å². The van der Waals surface area contributed by atoms with Crippen LogP contribution < -0.4 is 10.6 Å². The highest BCUT2D eigenvalue weighted by Crippen LogP contribution is 2.25. The van der Waals surface area contributed by atoms with Gasteiger partial charge in [-0.3, -0.25) is 10.1 Å². The first kappa shape index (κ1) is 19.2. The van der Waals surface area contributed by atoms with Crippen LogP contribution in [0.5, 0.6) is 0 Å². The quantitative estimate of drug-likeness (QED) is 0.568. The number of urea groups is 1. The van der Waals surface area contributed by atoms with Crippen molar-refractivity contribution in [2.45, 2.75) is 25.1 Å². The number of aryl methyl sites for hydroxylation is 1. The smallest absolute Gasteiger partial charge is 0.325 e. The van der Waals surface area contributed by atoms with Crippen molar-refractivity contribution in [1.29, 1.82) is 0 Å². The van der Waals surface area contributed by atoms with E-state index in [0.29, 0.717) is 34.0 Å². The minimum atomic E-state index is -0.379. The van der Waals surface area contributed by atoms with Gasteiger partial charge in [0.2, 0.25) is 11.0 Å². The molecule has 0 atom stereocenters. The Balaban J connectivity index is 1.83. The average molecular weight is 380 g/mol. The minimum Gasteiger partial charge on any atom is -0.343 e. The fourth-order valence-corrected chi connectivity index (χ4v) is 3.66. The molecule has 0 bridgehead atoms. The van der Waals surface area contributed by atoms with Crippen LogP contribution in [0.15, 0.2) is 28.6 Å². The Morgan fingerprint density at radius 1 is 1.12 bits per heavy atom. The summed E-state index contributed by atoms with van der Waals surface area (Å²) >= 11 is 2.56. The summed E-state index contributed by atoms with van der Waals surface area (Å²) in [5.74, 6) is 0.378. The molecule has 1 heterocycles. The van der Waals surface area contributed by atoms with Crippen LogP contribution in [0, 0.1) is 6.92 Å². The van der Waals surface area contributed by atoms with Gasteiger partial charge in [0.25, 0.3) is 0 Å². The molecule has 0 radical (unpaired) electrons. The first-order chi connectivity index (χ1) is 12.0. The second kappa shape index (κ2) is 9.38. The van der Waals surface area contributed by atoms with Crippen molar-refractivity contribution in [3.8, 4) is 0 Å². The molecule has 7 nitrogen and oxygen atoms in total. The number of carbonyl (C=O) groups excluding carboxylic acids is 2. The lowest BCUT2D eigenvalue weighted by Crippen LogP contribution is -2.31. The molecule has 2 rings (SSSR count). The molecule has 0 saturated carbocycles. The summed E-state index contributed by atoms with van der Waals surface area (Å²) in [6.45, 7) is 7.27. The number of rotatable bonds is 7. The molecule has 3 amide bonds. The molecule has 0 aliphatic heterocycles. The van der Waals surface area contributed by atoms with E-state index in [9.17, 15) is 9.59 Å². The van der Waals surface area contributed by atoms with Gasteiger partial charge in [0.15, 0.2) is 4.34 Å². The van der Waals surface area contributed by atoms with Gasteiger partial charge in [0.05, 0.1) is 5.75 Å². The van der Waals surface area contributed by atoms with Crippen LogP contribution >= 0.6 is 23.1 Å². The van der Waals surface area contributed by atoms with Crippen molar-refractivity contribution < 1.29 is 9.59 Å². The normalized spacial score (nSPS) is 10.4. The van der Waals surface area contributed by atoms with E-state index in [1.807, 2.05) is 45.0 Å². The highest BCUT2D eigenvalue weighted by molar-refractivity contribution is 8.01. The number of nitrogens with zero attached hydrogens (tertiary/aromatic N) is 3. The zero-order valence-corrected chi connectivity index (χ0v) is 16.0. The van der Waals surface area contributed by atoms with Gasteiger partial charge in [0.1, 0.15) is 0 Å². The SMILES string of the molecule is CCN(CC)C(=O)CSc1nnc(NC(=O)Nc2ccc(C)cc2)s1. The van der Waals surface area contributed by atoms with E-state index in [4.69, 9.17) is 0 Å². The zero-order valence-electron chi connectivity index (χ0n) is 14.4. The third kappa shape index (κ3) is 6.02. The molecule has 25 heavy (non-hydrogen) atoms. The summed E-state index contributed by atoms with van der Waals surface area (Å²) < 4.78 is 0.645. The lowest BCUT2D eigenvalue weighted by Gasteiger charge is -2.17. The molecular formula is C16H21N5O2S2. The molecule has 0 aliphatic rings. The van der Waals surface area contributed by atoms with Crippen LogP contribution in [0.3, 0.4) is 0 Å². The molecule has 1 aromatic heterocycles. The van der Waals surface area contributed by atoms with Crippen molar-refractivity contribution in [2.75, 3.05) is 29.5 Å². The van der Waals surface area contributed by atoms with E-state index in [0.717, 1.165) is 5.56 Å². The van der Waals surface area contributed by atoms with Gasteiger partial charge in [0, 0.05) is 18.8 Å². The summed E-state index contributed by atoms with van der Waals surface area (Å²) in [6, 6.07) is 7.12. The van der Waals surface area contributed by atoms with E-state index in [1.165, 1.54) is 23.1 Å². The van der Waals surface area contributed by atoms with Gasteiger partial charge in [-0.15, -0.1) is 10.2 Å². The maximum absolute atomic E-state index is 12.0. The zero-order chi connectivity index (χ0) is 18.2. The predicted octanol–water partition coefficient (Wildman–Crippen LogP) is 3.45. The third-order valence-corrected chi connectivity index (χ3v) is 5.33. The van der Waals surface area contributed by atoms with E-state index in [-0.39, 0.29) is 11.9 Å². The van der Waals surface area contributed by atoms with E-state index in [1.54, 1.807) is 4.90 Å². The number of thioether (sulfide) groups is 1. The van der Waals surface area contributed by atoms with Gasteiger partial charge in [-0.2, -0.15) is 0 Å². The van der Waals surface area contributed by atoms with Gasteiger partial charge in [-0.05, 0) is 32.9 Å². The largest absolute Gasteiger partial charge is 0.343 e. The minimum absolute atomic E-state index is 0.0665. The summed E-state index contributed by atoms with van der Waals surface area (Å²) in [7, 11) is 0. The molecule has 2 aromatic rings. The maximum atomic E-state index is 12.0. The maximum Gasteiger partial charge on any atom is 0.325 e. The lowest BCUT2D eigenvalue weighted by atomic mass is 10.2. The van der Waals surface area contributed by atoms with Crippen LogP contribution in [-0.2, 0) is 4.79 Å². The number of benzene rings is 1. The molecule has 1 aromatic carbocycles. The van der Waals surface area contributed by atoms with Gasteiger partial charge in [-0.1, -0.05) is 40.8 Å². The van der Waals surface area contributed by atoms with E-state index in [2.05, 4.69) is 20.8 Å². The number of aromatic nitrogens is 2. The predicted molar refractivity (Wildman–Crippen MR) is 102 cm³/mol. The van der Waals surface area contributed by atoms with Crippen LogP contribution in [0.2, 0.25) is 0 Å². The highest BCUT2D eigenvalue weighted by Gasteiger charge is 2.13. The monoisotopic (exact) mass is 379 g/mol. The fourth-order valence-electron chi connectivity index (χ4n) is 2.01. The summed E-state index contributed by atoms with van der Waals surface area (Å²) in [5.41, 5.74) is 1.82. The van der Waals surface area contributed by atoms with Crippen molar-refractivity contribution in [1.82, 2.24) is 15.1 Å². The first-order valence-electron chi connectivity index (χ1n) is 7.90. The molecule has 0 saturated heterocycles. The van der Waals surface area contributed by atoms with Gasteiger partial charge in [-0.25, -0.2) is 4.79 Å². The molecule has 9 heteroatoms. The average Bonchev–Trinajstić information content (AvgIpc) is 3.03. The Bertz CT molecular complexity index is 714. The topological polar surface area (TPSA) is 87.2 Å². The summed E-state index contributed by atoms with van der Waals surface area (Å²) in [6.07, 6.45) is 0. The number of carbonyl (C=O) groups is 2. The van der Waals surface area contributed by atoms with Crippen LogP contribution in [0.4, 0.5) is 15.6 Å². The first-order valence-corrected chi connectivity index (χ1v) is 9.70. The number of nitrogens with one attached hydrogen (secondary N) is 2. The second-order valence-electron chi connectivity index (χ2n) is 5.17. The molecule has 0 aliphatic carbocycles. The lowest BCUT2D eigenvalue weighted by molar-refractivity contribution is -0.127. The van der Waals surface area contributed by atoms with Crippen LogP contribution in [0.25, 0.3) is 0 Å². The second-order valence-corrected chi connectivity index (χ2v) is 7.37. The van der Waals surface area contributed by atoms with Crippen molar-refractivity contribution in [3.05, 3.63) is 29.8 Å². The number of hydrogen-bond acceptors (Lipinski definition) is 6. The molecule has 0 spiro atoms. The van der Waals surface area contributed by atoms with Crippen molar-refractivity contribution in [3.63, 3.8) is 0 Å². The Hall–Kier alpha value is -2.13. The molecule has 2 N–H and O–H groups in total. The number of amides is 3. The van der Waals surface area contributed by atoms with Crippen LogP contribution in [0.1, 0.15) is 19.4 Å². The molecule has 0 unspecified atom stereocenters. The summed E-state index contributed by atoms with van der Waals surface area (Å²) in [4.78, 5) is 25.7. The number of hydrogen-bond donors (Lipinski definition) is 2. The highest BCUT2D eigenvalue weighted by atomic mass is 32.2. The number of anilines is 2. The Kier molecular flexibility index (Phi) is 7.20. The Labute approximate surface area is 155 Å². The molecule has 0 fully saturated rings. The summed E-state index contributed by atoms with van der Waals surface area (Å²) in [5, 5.41) is 13.7. The third-order valence-electron chi connectivity index (χ3n) is 3.37. The van der Waals surface area contributed by atoms with E-state index < -0.39 is 0 Å². The van der Waals surface area contributed by atoms with Crippen molar-refractivity contribution in [2.24, 2.45) is 0 Å². The van der Waals surface area contributed by atoms with Crippen molar-refractivity contribution >= 4 is 45.9 Å². The molecule has 134 valence electrons. The molecular weight excluding hydrogens is 358 g/mol. The van der Waals surface area contributed by atoms with Crippen LogP contribution in [-0.4, -0.2) is 45.9 Å². The Morgan fingerprint density at radius 3 is 2.44 bits per heavy atom. The van der Waals surface area contributed by atoms with Gasteiger partial charge < -0.3 is 10.2 Å².